The van der Waals surface area contributed by atoms with Crippen molar-refractivity contribution < 1.29 is 27.9 Å². The molecule has 3 aromatic rings. The van der Waals surface area contributed by atoms with Crippen molar-refractivity contribution in [3.05, 3.63) is 59.2 Å². The first-order chi connectivity index (χ1) is 15.2. The lowest BCUT2D eigenvalue weighted by molar-refractivity contribution is -0.158. The number of halogens is 3. The zero-order chi connectivity index (χ0) is 22.9. The fourth-order valence-electron chi connectivity index (χ4n) is 3.52. The van der Waals surface area contributed by atoms with Gasteiger partial charge in [0, 0.05) is 37.7 Å². The predicted molar refractivity (Wildman–Crippen MR) is 109 cm³/mol. The monoisotopic (exact) mass is 464 g/mol. The van der Waals surface area contributed by atoms with Gasteiger partial charge in [-0.2, -0.15) is 13.8 Å². The van der Waals surface area contributed by atoms with Crippen molar-refractivity contribution in [2.24, 2.45) is 0 Å². The molecule has 0 radical (unpaired) electrons. The predicted octanol–water partition coefficient (Wildman–Crippen LogP) is 3.59. The molecule has 2 aromatic heterocycles. The average Bonchev–Trinajstić information content (AvgIpc) is 3.34. The van der Waals surface area contributed by atoms with E-state index in [0.717, 1.165) is 0 Å². The molecule has 168 valence electrons. The van der Waals surface area contributed by atoms with Crippen LogP contribution in [-0.2, 0) is 6.42 Å². The molecule has 3 heterocycles. The summed E-state index contributed by atoms with van der Waals surface area (Å²) in [5.74, 6) is 0.230. The van der Waals surface area contributed by atoms with E-state index >= 15 is 0 Å². The Morgan fingerprint density at radius 3 is 2.72 bits per heavy atom. The third kappa shape index (κ3) is 5.20. The summed E-state index contributed by atoms with van der Waals surface area (Å²) < 4.78 is 35.7. The van der Waals surface area contributed by atoms with Crippen molar-refractivity contribution in [3.8, 4) is 17.1 Å². The number of β-amino-alcohol motifs (C(OH)–C–C–N with tert-alkyl or cyclic N) is 1. The molecular formula is C21H19ClF2N4O4. The molecule has 1 aliphatic heterocycles. The zero-order valence-electron chi connectivity index (χ0n) is 16.9. The number of carbonyl (C=O) groups excluding carboxylic acids is 1. The van der Waals surface area contributed by atoms with Crippen LogP contribution in [0.25, 0.3) is 11.4 Å². The Hall–Kier alpha value is -3.11. The number of ether oxygens (including phenoxy) is 1. The first-order valence-corrected chi connectivity index (χ1v) is 10.2. The van der Waals surface area contributed by atoms with Gasteiger partial charge in [-0.1, -0.05) is 16.8 Å². The highest BCUT2D eigenvalue weighted by atomic mass is 35.5. The highest BCUT2D eigenvalue weighted by molar-refractivity contribution is 6.30. The van der Waals surface area contributed by atoms with Crippen LogP contribution >= 0.6 is 11.6 Å². The molecule has 32 heavy (non-hydrogen) atoms. The molecule has 1 fully saturated rings. The highest BCUT2D eigenvalue weighted by Gasteiger charge is 2.36. The normalized spacial score (nSPS) is 18.7. The number of carbonyl (C=O) groups is 1. The van der Waals surface area contributed by atoms with E-state index in [0.29, 0.717) is 23.9 Å². The van der Waals surface area contributed by atoms with Crippen LogP contribution in [0.5, 0.6) is 5.75 Å². The van der Waals surface area contributed by atoms with Gasteiger partial charge in [-0.15, -0.1) is 0 Å². The lowest BCUT2D eigenvalue weighted by atomic mass is 10.1. The van der Waals surface area contributed by atoms with E-state index < -0.39 is 12.2 Å². The highest BCUT2D eigenvalue weighted by Crippen LogP contribution is 2.26. The zero-order valence-corrected chi connectivity index (χ0v) is 17.7. The lowest BCUT2D eigenvalue weighted by Gasteiger charge is -2.22. The molecule has 8 nitrogen and oxygen atoms in total. The number of aromatic nitrogens is 3. The van der Waals surface area contributed by atoms with Crippen molar-refractivity contribution in [1.82, 2.24) is 20.0 Å². The van der Waals surface area contributed by atoms with Crippen LogP contribution in [0.15, 0.2) is 47.1 Å². The second-order valence-corrected chi connectivity index (χ2v) is 7.95. The van der Waals surface area contributed by atoms with E-state index in [1.807, 2.05) is 0 Å². The summed E-state index contributed by atoms with van der Waals surface area (Å²) in [5, 5.41) is 14.4. The summed E-state index contributed by atoms with van der Waals surface area (Å²) in [7, 11) is 0. The number of amides is 1. The molecule has 1 aromatic carbocycles. The van der Waals surface area contributed by atoms with Crippen LogP contribution in [0.3, 0.4) is 0 Å². The summed E-state index contributed by atoms with van der Waals surface area (Å²) in [6.07, 6.45) is -1.97. The Labute approximate surface area is 186 Å². The van der Waals surface area contributed by atoms with Gasteiger partial charge >= 0.3 is 6.11 Å². The van der Waals surface area contributed by atoms with E-state index in [-0.39, 0.29) is 48.1 Å². The maximum atomic E-state index is 13.0. The van der Waals surface area contributed by atoms with Gasteiger partial charge in [0.05, 0.1) is 11.1 Å². The fraction of sp³-hybridized carbons (Fsp3) is 0.333. The molecule has 2 atom stereocenters. The Morgan fingerprint density at radius 2 is 2.06 bits per heavy atom. The number of pyridine rings is 1. The van der Waals surface area contributed by atoms with Gasteiger partial charge in [-0.05, 0) is 42.8 Å². The van der Waals surface area contributed by atoms with Crippen molar-refractivity contribution in [2.75, 3.05) is 6.54 Å². The summed E-state index contributed by atoms with van der Waals surface area (Å²) in [6.45, 7) is 0.821. The van der Waals surface area contributed by atoms with Crippen molar-refractivity contribution >= 4 is 17.5 Å². The van der Waals surface area contributed by atoms with Gasteiger partial charge in [0.15, 0.2) is 0 Å². The second-order valence-electron chi connectivity index (χ2n) is 7.51. The molecule has 1 amide bonds. The van der Waals surface area contributed by atoms with Gasteiger partial charge in [0.25, 0.3) is 5.91 Å². The average molecular weight is 465 g/mol. The minimum absolute atomic E-state index is 0.00914. The number of nitrogens with zero attached hydrogens (tertiary/aromatic N) is 4. The van der Waals surface area contributed by atoms with Crippen LogP contribution < -0.4 is 4.74 Å². The van der Waals surface area contributed by atoms with E-state index in [2.05, 4.69) is 19.9 Å². The minimum atomic E-state index is -3.28. The molecule has 0 aliphatic carbocycles. The Morgan fingerprint density at radius 1 is 1.31 bits per heavy atom. The van der Waals surface area contributed by atoms with Gasteiger partial charge in [-0.3, -0.25) is 4.79 Å². The Kier molecular flexibility index (Phi) is 6.07. The van der Waals surface area contributed by atoms with Crippen LogP contribution in [0, 0.1) is 0 Å². The molecule has 1 aliphatic rings. The third-order valence-corrected chi connectivity index (χ3v) is 5.11. The largest absolute Gasteiger partial charge is 0.433 e. The number of hydrogen-bond acceptors (Lipinski definition) is 7. The van der Waals surface area contributed by atoms with E-state index in [1.165, 1.54) is 41.4 Å². The maximum Gasteiger partial charge on any atom is 0.394 e. The summed E-state index contributed by atoms with van der Waals surface area (Å²) >= 11 is 5.83. The van der Waals surface area contributed by atoms with Gasteiger partial charge < -0.3 is 19.3 Å². The molecular weight excluding hydrogens is 446 g/mol. The number of aliphatic hydroxyl groups is 1. The van der Waals surface area contributed by atoms with E-state index in [4.69, 9.17) is 16.1 Å². The van der Waals surface area contributed by atoms with Crippen LogP contribution in [-0.4, -0.2) is 55.8 Å². The van der Waals surface area contributed by atoms with Gasteiger partial charge in [-0.25, -0.2) is 4.98 Å². The molecule has 0 unspecified atom stereocenters. The summed E-state index contributed by atoms with van der Waals surface area (Å²) in [6, 6.07) is 8.59. The molecule has 0 saturated carbocycles. The Balaban J connectivity index is 1.46. The molecule has 11 heteroatoms. The van der Waals surface area contributed by atoms with Crippen molar-refractivity contribution in [1.29, 1.82) is 0 Å². The van der Waals surface area contributed by atoms with Crippen LogP contribution in [0.4, 0.5) is 8.78 Å². The number of rotatable bonds is 6. The second kappa shape index (κ2) is 8.79. The summed E-state index contributed by atoms with van der Waals surface area (Å²) in [5.41, 5.74) is 0.774. The summed E-state index contributed by atoms with van der Waals surface area (Å²) in [4.78, 5) is 22.7. The Bertz CT molecular complexity index is 1090. The van der Waals surface area contributed by atoms with Crippen molar-refractivity contribution in [2.45, 2.75) is 38.0 Å². The SMILES string of the molecule is CC(F)(F)Oc1ccc(-c2noc(C[C@@H]3C[C@@H](O)CN3C(=O)c3ccc(Cl)cn3)n2)cc1. The number of likely N-dealkylation sites (tertiary alicyclic amines) is 1. The molecule has 0 spiro atoms. The fourth-order valence-corrected chi connectivity index (χ4v) is 3.63. The molecule has 0 bridgehead atoms. The maximum absolute atomic E-state index is 13.0. The number of hydrogen-bond donors (Lipinski definition) is 1. The number of alkyl halides is 2. The van der Waals surface area contributed by atoms with Crippen LogP contribution in [0.2, 0.25) is 5.02 Å². The third-order valence-electron chi connectivity index (χ3n) is 4.89. The van der Waals surface area contributed by atoms with Gasteiger partial charge in [0.2, 0.25) is 11.7 Å². The first-order valence-electron chi connectivity index (χ1n) is 9.78. The molecule has 1 N–H and O–H groups in total. The standard InChI is InChI=1S/C21H19ClF2N4O4/c1-21(23,24)31-16-5-2-12(3-6-16)19-26-18(32-27-19)9-14-8-15(29)11-28(14)20(30)17-7-4-13(22)10-25-17/h2-7,10,14-15,29H,8-9,11H2,1H3/t14-,15+/m0/s1. The van der Waals surface area contributed by atoms with E-state index in [9.17, 15) is 18.7 Å². The molecule has 4 rings (SSSR count). The quantitative estimate of drug-likeness (QED) is 0.594. The topological polar surface area (TPSA) is 102 Å². The van der Waals surface area contributed by atoms with Crippen LogP contribution in [0.1, 0.15) is 29.7 Å². The number of benzene rings is 1. The van der Waals surface area contributed by atoms with Gasteiger partial charge in [0.1, 0.15) is 11.4 Å². The lowest BCUT2D eigenvalue weighted by Crippen LogP contribution is -2.37. The van der Waals surface area contributed by atoms with E-state index in [1.54, 1.807) is 6.07 Å². The smallest absolute Gasteiger partial charge is 0.394 e. The molecule has 1 saturated heterocycles. The first kappa shape index (κ1) is 22.1. The van der Waals surface area contributed by atoms with Crippen molar-refractivity contribution in [3.63, 3.8) is 0 Å². The minimum Gasteiger partial charge on any atom is -0.433 e. The number of aliphatic hydroxyl groups excluding tert-OH is 1.